The highest BCUT2D eigenvalue weighted by atomic mass is 15.3. The molecule has 0 bridgehead atoms. The van der Waals surface area contributed by atoms with Crippen LogP contribution in [0, 0.1) is 5.92 Å². The molecule has 5 heteroatoms. The Labute approximate surface area is 65.2 Å². The fraction of sp³-hybridized carbons (Fsp3) is 0.667. The van der Waals surface area contributed by atoms with E-state index in [0.29, 0.717) is 11.7 Å². The van der Waals surface area contributed by atoms with Crippen molar-refractivity contribution in [3.63, 3.8) is 0 Å². The molecule has 1 atom stereocenters. The predicted molar refractivity (Wildman–Crippen MR) is 42.6 cm³/mol. The van der Waals surface area contributed by atoms with Crippen molar-refractivity contribution in [3.05, 3.63) is 5.82 Å². The van der Waals surface area contributed by atoms with E-state index in [-0.39, 0.29) is 12.0 Å². The number of hydrogen-bond acceptors (Lipinski definition) is 4. The van der Waals surface area contributed by atoms with Crippen LogP contribution < -0.4 is 11.5 Å². The summed E-state index contributed by atoms with van der Waals surface area (Å²) in [6.07, 6.45) is 0. The second-order valence-corrected chi connectivity index (χ2v) is 2.85. The Morgan fingerprint density at radius 2 is 2.09 bits per heavy atom. The van der Waals surface area contributed by atoms with Crippen LogP contribution in [0.2, 0.25) is 0 Å². The number of aromatic nitrogens is 3. The van der Waals surface area contributed by atoms with Crippen LogP contribution in [-0.4, -0.2) is 15.2 Å². The van der Waals surface area contributed by atoms with Crippen LogP contribution in [0.4, 0.5) is 5.95 Å². The molecule has 0 fully saturated rings. The largest absolute Gasteiger partial charge is 0.367 e. The van der Waals surface area contributed by atoms with Crippen molar-refractivity contribution in [2.24, 2.45) is 11.7 Å². The van der Waals surface area contributed by atoms with Crippen molar-refractivity contribution in [2.45, 2.75) is 19.9 Å². The molecule has 62 valence electrons. The molecular weight excluding hydrogens is 142 g/mol. The van der Waals surface area contributed by atoms with Crippen LogP contribution in [0.5, 0.6) is 0 Å². The summed E-state index contributed by atoms with van der Waals surface area (Å²) >= 11 is 0. The molecule has 5 nitrogen and oxygen atoms in total. The molecule has 0 radical (unpaired) electrons. The summed E-state index contributed by atoms with van der Waals surface area (Å²) in [6, 6.07) is -0.111. The zero-order valence-electron chi connectivity index (χ0n) is 6.70. The van der Waals surface area contributed by atoms with Crippen LogP contribution >= 0.6 is 0 Å². The Morgan fingerprint density at radius 1 is 1.45 bits per heavy atom. The summed E-state index contributed by atoms with van der Waals surface area (Å²) in [5, 5.41) is 6.36. The van der Waals surface area contributed by atoms with E-state index in [4.69, 9.17) is 11.5 Å². The van der Waals surface area contributed by atoms with Gasteiger partial charge >= 0.3 is 0 Å². The van der Waals surface area contributed by atoms with E-state index >= 15 is 0 Å². The number of anilines is 1. The molecule has 0 spiro atoms. The maximum Gasteiger partial charge on any atom is 0.239 e. The smallest absolute Gasteiger partial charge is 0.239 e. The molecule has 1 aromatic rings. The second kappa shape index (κ2) is 2.87. The molecule has 0 saturated heterocycles. The Morgan fingerprint density at radius 3 is 2.45 bits per heavy atom. The number of nitrogen functional groups attached to an aromatic ring is 1. The molecule has 11 heavy (non-hydrogen) atoms. The van der Waals surface area contributed by atoms with Gasteiger partial charge in [0.25, 0.3) is 0 Å². The van der Waals surface area contributed by atoms with E-state index in [9.17, 15) is 0 Å². The number of H-pyrrole nitrogens is 1. The minimum atomic E-state index is -0.111. The van der Waals surface area contributed by atoms with Crippen LogP contribution in [0.1, 0.15) is 25.7 Å². The Hall–Kier alpha value is -1.10. The molecule has 0 aliphatic carbocycles. The highest BCUT2D eigenvalue weighted by Crippen LogP contribution is 2.14. The molecule has 1 heterocycles. The predicted octanol–water partition coefficient (Wildman–Crippen LogP) is 0.0427. The maximum atomic E-state index is 5.76. The lowest BCUT2D eigenvalue weighted by atomic mass is 10.1. The number of aromatic amines is 1. The minimum absolute atomic E-state index is 0.111. The zero-order valence-corrected chi connectivity index (χ0v) is 6.70. The quantitative estimate of drug-likeness (QED) is 0.562. The molecule has 0 saturated carbocycles. The lowest BCUT2D eigenvalue weighted by Gasteiger charge is -2.10. The molecule has 0 aliphatic heterocycles. The van der Waals surface area contributed by atoms with Gasteiger partial charge in [-0.05, 0) is 5.92 Å². The van der Waals surface area contributed by atoms with Gasteiger partial charge in [0.2, 0.25) is 5.95 Å². The molecule has 0 aliphatic rings. The van der Waals surface area contributed by atoms with Gasteiger partial charge < -0.3 is 11.5 Å². The van der Waals surface area contributed by atoms with E-state index in [1.807, 2.05) is 13.8 Å². The summed E-state index contributed by atoms with van der Waals surface area (Å²) in [5.74, 6) is 1.23. The molecule has 1 unspecified atom stereocenters. The van der Waals surface area contributed by atoms with E-state index in [1.54, 1.807) is 0 Å². The standard InChI is InChI=1S/C6H13N5/c1-3(2)4(7)5-9-6(8)11-10-5/h3-4H,7H2,1-2H3,(H3,8,9,10,11). The van der Waals surface area contributed by atoms with Gasteiger partial charge in [-0.3, -0.25) is 5.10 Å². The first-order chi connectivity index (χ1) is 5.11. The van der Waals surface area contributed by atoms with E-state index < -0.39 is 0 Å². The monoisotopic (exact) mass is 155 g/mol. The van der Waals surface area contributed by atoms with E-state index in [1.165, 1.54) is 0 Å². The van der Waals surface area contributed by atoms with Crippen molar-refractivity contribution in [1.82, 2.24) is 15.2 Å². The Bertz CT molecular complexity index is 229. The third-order valence-electron chi connectivity index (χ3n) is 1.55. The van der Waals surface area contributed by atoms with Gasteiger partial charge in [-0.2, -0.15) is 4.98 Å². The van der Waals surface area contributed by atoms with Crippen molar-refractivity contribution in [1.29, 1.82) is 0 Å². The molecule has 1 rings (SSSR count). The highest BCUT2D eigenvalue weighted by molar-refractivity contribution is 5.14. The Kier molecular flexibility index (Phi) is 2.09. The summed E-state index contributed by atoms with van der Waals surface area (Å²) in [6.45, 7) is 4.03. The minimum Gasteiger partial charge on any atom is -0.367 e. The van der Waals surface area contributed by atoms with Crippen LogP contribution in [-0.2, 0) is 0 Å². The van der Waals surface area contributed by atoms with Gasteiger partial charge in [0.05, 0.1) is 6.04 Å². The van der Waals surface area contributed by atoms with Gasteiger partial charge in [0, 0.05) is 0 Å². The van der Waals surface area contributed by atoms with Gasteiger partial charge in [0.1, 0.15) is 5.82 Å². The average Bonchev–Trinajstić information content (AvgIpc) is 2.34. The maximum absolute atomic E-state index is 5.76. The summed E-state index contributed by atoms with van der Waals surface area (Å²) in [7, 11) is 0. The second-order valence-electron chi connectivity index (χ2n) is 2.85. The summed E-state index contributed by atoms with van der Waals surface area (Å²) in [5.41, 5.74) is 11.1. The van der Waals surface area contributed by atoms with Crippen molar-refractivity contribution in [2.75, 3.05) is 5.73 Å². The Balaban J connectivity index is 2.76. The molecule has 1 aromatic heterocycles. The number of nitrogens with one attached hydrogen (secondary N) is 1. The molecule has 0 aromatic carbocycles. The number of nitrogens with two attached hydrogens (primary N) is 2. The first-order valence-corrected chi connectivity index (χ1v) is 3.54. The fourth-order valence-corrected chi connectivity index (χ4v) is 0.753. The van der Waals surface area contributed by atoms with Gasteiger partial charge in [-0.1, -0.05) is 13.8 Å². The van der Waals surface area contributed by atoms with Gasteiger partial charge in [-0.25, -0.2) is 0 Å². The fourth-order valence-electron chi connectivity index (χ4n) is 0.753. The molecule has 5 N–H and O–H groups in total. The third kappa shape index (κ3) is 1.68. The number of rotatable bonds is 2. The van der Waals surface area contributed by atoms with Gasteiger partial charge in [-0.15, -0.1) is 5.10 Å². The lowest BCUT2D eigenvalue weighted by Crippen LogP contribution is -2.18. The summed E-state index contributed by atoms with van der Waals surface area (Å²) < 4.78 is 0. The third-order valence-corrected chi connectivity index (χ3v) is 1.55. The van der Waals surface area contributed by atoms with E-state index in [2.05, 4.69) is 15.2 Å². The average molecular weight is 155 g/mol. The van der Waals surface area contributed by atoms with Crippen LogP contribution in [0.15, 0.2) is 0 Å². The molecular formula is C6H13N5. The van der Waals surface area contributed by atoms with Crippen molar-refractivity contribution >= 4 is 5.95 Å². The lowest BCUT2D eigenvalue weighted by molar-refractivity contribution is 0.492. The van der Waals surface area contributed by atoms with Crippen molar-refractivity contribution < 1.29 is 0 Å². The van der Waals surface area contributed by atoms with Gasteiger partial charge in [0.15, 0.2) is 0 Å². The zero-order chi connectivity index (χ0) is 8.43. The number of nitrogens with zero attached hydrogens (tertiary/aromatic N) is 2. The first kappa shape index (κ1) is 8.00. The number of hydrogen-bond donors (Lipinski definition) is 3. The van der Waals surface area contributed by atoms with E-state index in [0.717, 1.165) is 0 Å². The molecule has 0 amide bonds. The van der Waals surface area contributed by atoms with Crippen LogP contribution in [0.25, 0.3) is 0 Å². The van der Waals surface area contributed by atoms with Crippen molar-refractivity contribution in [3.8, 4) is 0 Å². The summed E-state index contributed by atoms with van der Waals surface area (Å²) in [4.78, 5) is 3.92. The van der Waals surface area contributed by atoms with Crippen LogP contribution in [0.3, 0.4) is 0 Å². The normalized spacial score (nSPS) is 13.8. The first-order valence-electron chi connectivity index (χ1n) is 3.54. The topological polar surface area (TPSA) is 93.6 Å². The SMILES string of the molecule is CC(C)C(N)c1nc(N)n[nH]1. The highest BCUT2D eigenvalue weighted by Gasteiger charge is 2.13.